The van der Waals surface area contributed by atoms with Crippen molar-refractivity contribution in [3.05, 3.63) is 30.4 Å². The summed E-state index contributed by atoms with van der Waals surface area (Å²) in [6, 6.07) is 3.86. The van der Waals surface area contributed by atoms with E-state index in [4.69, 9.17) is 23.7 Å². The lowest BCUT2D eigenvalue weighted by Crippen LogP contribution is -2.46. The highest BCUT2D eigenvalue weighted by molar-refractivity contribution is 5.82. The topological polar surface area (TPSA) is 125 Å². The molecule has 0 amide bonds. The van der Waals surface area contributed by atoms with Gasteiger partial charge in [0.2, 0.25) is 5.75 Å². The molecule has 1 saturated heterocycles. The molecule has 2 atom stereocenters. The number of imidazole rings is 1. The van der Waals surface area contributed by atoms with Crippen molar-refractivity contribution >= 4 is 17.0 Å². The summed E-state index contributed by atoms with van der Waals surface area (Å²) < 4.78 is 29.6. The average Bonchev–Trinajstić information content (AvgIpc) is 3.33. The van der Waals surface area contributed by atoms with E-state index in [0.29, 0.717) is 67.0 Å². The number of nitrogens with zero attached hydrogens (tertiary/aromatic N) is 5. The Morgan fingerprint density at radius 3 is 2.49 bits per heavy atom. The first kappa shape index (κ1) is 24.9. The third-order valence-corrected chi connectivity index (χ3v) is 5.83. The number of anilines is 1. The second-order valence-electron chi connectivity index (χ2n) is 8.09. The van der Waals surface area contributed by atoms with E-state index in [2.05, 4.69) is 25.2 Å². The molecule has 4 rings (SSSR count). The normalized spacial score (nSPS) is 18.5. The number of ether oxygens (including phenoxy) is 5. The van der Waals surface area contributed by atoms with Gasteiger partial charge in [-0.25, -0.2) is 15.0 Å². The zero-order valence-electron chi connectivity index (χ0n) is 20.4. The summed E-state index contributed by atoms with van der Waals surface area (Å²) in [6.07, 6.45) is 2.43. The predicted molar refractivity (Wildman–Crippen MR) is 128 cm³/mol. The number of hydrogen-bond acceptors (Lipinski definition) is 11. The number of aromatic nitrogens is 4. The zero-order chi connectivity index (χ0) is 24.8. The van der Waals surface area contributed by atoms with E-state index in [1.807, 2.05) is 16.7 Å². The van der Waals surface area contributed by atoms with E-state index in [1.165, 1.54) is 6.33 Å². The van der Waals surface area contributed by atoms with Crippen LogP contribution >= 0.6 is 0 Å². The molecule has 1 aromatic carbocycles. The number of rotatable bonds is 11. The van der Waals surface area contributed by atoms with E-state index in [-0.39, 0.29) is 12.7 Å². The molecule has 190 valence electrons. The fraction of sp³-hybridized carbons (Fsp3) is 0.522. The Kier molecular flexibility index (Phi) is 8.18. The molecule has 0 spiro atoms. The van der Waals surface area contributed by atoms with Crippen LogP contribution in [0.25, 0.3) is 11.2 Å². The quantitative estimate of drug-likeness (QED) is 0.379. The van der Waals surface area contributed by atoms with Gasteiger partial charge < -0.3 is 34.1 Å². The summed E-state index contributed by atoms with van der Waals surface area (Å²) in [7, 11) is 6.42. The number of aliphatic hydroxyl groups excluding tert-OH is 1. The zero-order valence-corrected chi connectivity index (χ0v) is 20.4. The third kappa shape index (κ3) is 5.40. The van der Waals surface area contributed by atoms with E-state index < -0.39 is 6.23 Å². The molecule has 3 heterocycles. The van der Waals surface area contributed by atoms with Crippen molar-refractivity contribution in [2.45, 2.75) is 18.9 Å². The third-order valence-electron chi connectivity index (χ3n) is 5.83. The Bertz CT molecular complexity index is 1100. The van der Waals surface area contributed by atoms with Gasteiger partial charge in [0.1, 0.15) is 12.6 Å². The highest BCUT2D eigenvalue weighted by Gasteiger charge is 2.30. The fourth-order valence-electron chi connectivity index (χ4n) is 4.22. The van der Waals surface area contributed by atoms with Gasteiger partial charge in [-0.15, -0.1) is 0 Å². The van der Waals surface area contributed by atoms with Gasteiger partial charge in [-0.2, -0.15) is 0 Å². The molecule has 12 heteroatoms. The summed E-state index contributed by atoms with van der Waals surface area (Å²) in [5.41, 5.74) is 2.28. The van der Waals surface area contributed by atoms with Crippen LogP contribution in [0.1, 0.15) is 11.8 Å². The Morgan fingerprint density at radius 2 is 1.83 bits per heavy atom. The summed E-state index contributed by atoms with van der Waals surface area (Å²) >= 11 is 0. The van der Waals surface area contributed by atoms with Crippen LogP contribution in [0.15, 0.2) is 24.8 Å². The molecule has 2 N–H and O–H groups in total. The first-order valence-electron chi connectivity index (χ1n) is 11.3. The van der Waals surface area contributed by atoms with Gasteiger partial charge in [0, 0.05) is 33.3 Å². The standard InChI is InChI=1S/C23H32N6O6/c1-31-6-5-24-22-20-23(26-13-25-22)29(14-27-20)19-11-28(10-16(12-30)35-19)9-15-7-17(32-2)21(34-4)18(8-15)33-3/h7-8,13-14,16,19,30H,5-6,9-12H2,1-4H3,(H,24,25,26)/t16-,19+/m0/s1. The van der Waals surface area contributed by atoms with Crippen molar-refractivity contribution in [3.63, 3.8) is 0 Å². The van der Waals surface area contributed by atoms with Gasteiger partial charge in [0.25, 0.3) is 0 Å². The van der Waals surface area contributed by atoms with E-state index in [1.54, 1.807) is 34.8 Å². The van der Waals surface area contributed by atoms with Crippen LogP contribution in [0.3, 0.4) is 0 Å². The van der Waals surface area contributed by atoms with Crippen molar-refractivity contribution in [2.75, 3.05) is 66.6 Å². The lowest BCUT2D eigenvalue weighted by molar-refractivity contribution is -0.135. The molecular weight excluding hydrogens is 456 g/mol. The lowest BCUT2D eigenvalue weighted by atomic mass is 10.1. The lowest BCUT2D eigenvalue weighted by Gasteiger charge is -2.38. The number of methoxy groups -OCH3 is 4. The van der Waals surface area contributed by atoms with Crippen LogP contribution in [-0.2, 0) is 16.0 Å². The SMILES string of the molecule is COCCNc1ncnc2c1ncn2[C@H]1CN(Cc2cc(OC)c(OC)c(OC)c2)C[C@@H](CO)O1. The number of hydrogen-bond donors (Lipinski definition) is 2. The first-order chi connectivity index (χ1) is 17.1. The van der Waals surface area contributed by atoms with Gasteiger partial charge in [-0.3, -0.25) is 9.47 Å². The molecule has 0 bridgehead atoms. The van der Waals surface area contributed by atoms with Crippen LogP contribution in [-0.4, -0.2) is 96.9 Å². The molecule has 3 aromatic rings. The largest absolute Gasteiger partial charge is 0.493 e. The highest BCUT2D eigenvalue weighted by atomic mass is 16.5. The Labute approximate surface area is 203 Å². The second-order valence-corrected chi connectivity index (χ2v) is 8.09. The minimum absolute atomic E-state index is 0.103. The van der Waals surface area contributed by atoms with Gasteiger partial charge in [-0.05, 0) is 17.7 Å². The molecule has 35 heavy (non-hydrogen) atoms. The molecule has 0 radical (unpaired) electrons. The molecule has 1 aliphatic rings. The van der Waals surface area contributed by atoms with Gasteiger partial charge in [-0.1, -0.05) is 0 Å². The molecular formula is C23H32N6O6. The van der Waals surface area contributed by atoms with E-state index in [9.17, 15) is 5.11 Å². The smallest absolute Gasteiger partial charge is 0.203 e. The summed E-state index contributed by atoms with van der Waals surface area (Å²) in [4.78, 5) is 15.5. The van der Waals surface area contributed by atoms with Gasteiger partial charge in [0.05, 0.1) is 47.0 Å². The number of aliphatic hydroxyl groups is 1. The maximum absolute atomic E-state index is 9.92. The van der Waals surface area contributed by atoms with Crippen LogP contribution in [0, 0.1) is 0 Å². The number of fused-ring (bicyclic) bond motifs is 1. The predicted octanol–water partition coefficient (Wildman–Crippen LogP) is 1.30. The number of benzene rings is 1. The monoisotopic (exact) mass is 488 g/mol. The van der Waals surface area contributed by atoms with E-state index >= 15 is 0 Å². The maximum Gasteiger partial charge on any atom is 0.203 e. The minimum atomic E-state index is -0.394. The van der Waals surface area contributed by atoms with Crippen molar-refractivity contribution in [2.24, 2.45) is 0 Å². The van der Waals surface area contributed by atoms with Crippen LogP contribution < -0.4 is 19.5 Å². The average molecular weight is 489 g/mol. The van der Waals surface area contributed by atoms with Crippen molar-refractivity contribution < 1.29 is 28.8 Å². The first-order valence-corrected chi connectivity index (χ1v) is 11.3. The van der Waals surface area contributed by atoms with Gasteiger partial charge >= 0.3 is 0 Å². The van der Waals surface area contributed by atoms with Crippen molar-refractivity contribution in [1.82, 2.24) is 24.4 Å². The maximum atomic E-state index is 9.92. The molecule has 0 unspecified atom stereocenters. The molecule has 1 fully saturated rings. The molecule has 12 nitrogen and oxygen atoms in total. The van der Waals surface area contributed by atoms with Crippen molar-refractivity contribution in [1.29, 1.82) is 0 Å². The highest BCUT2D eigenvalue weighted by Crippen LogP contribution is 2.39. The van der Waals surface area contributed by atoms with Crippen LogP contribution in [0.4, 0.5) is 5.82 Å². The Hall–Kier alpha value is -3.19. The number of nitrogens with one attached hydrogen (secondary N) is 1. The summed E-state index contributed by atoms with van der Waals surface area (Å²) in [6.45, 7) is 2.77. The Morgan fingerprint density at radius 1 is 1.06 bits per heavy atom. The van der Waals surface area contributed by atoms with E-state index in [0.717, 1.165) is 5.56 Å². The summed E-state index contributed by atoms with van der Waals surface area (Å²) in [5.74, 6) is 2.37. The van der Waals surface area contributed by atoms with Crippen LogP contribution in [0.5, 0.6) is 17.2 Å². The van der Waals surface area contributed by atoms with Gasteiger partial charge in [0.15, 0.2) is 28.5 Å². The Balaban J connectivity index is 1.58. The molecule has 2 aromatic heterocycles. The molecule has 0 aliphatic carbocycles. The molecule has 0 saturated carbocycles. The number of morpholine rings is 1. The second kappa shape index (κ2) is 11.5. The molecule has 1 aliphatic heterocycles. The summed E-state index contributed by atoms with van der Waals surface area (Å²) in [5, 5.41) is 13.1. The van der Waals surface area contributed by atoms with Crippen molar-refractivity contribution in [3.8, 4) is 17.2 Å². The fourth-order valence-corrected chi connectivity index (χ4v) is 4.22. The minimum Gasteiger partial charge on any atom is -0.493 e. The van der Waals surface area contributed by atoms with Crippen LogP contribution in [0.2, 0.25) is 0 Å².